The van der Waals surface area contributed by atoms with E-state index in [0.29, 0.717) is 21.4 Å². The summed E-state index contributed by atoms with van der Waals surface area (Å²) in [6, 6.07) is 8.23. The summed E-state index contributed by atoms with van der Waals surface area (Å²) in [5.74, 6) is -0.485. The van der Waals surface area contributed by atoms with E-state index in [9.17, 15) is 12.8 Å². The van der Waals surface area contributed by atoms with Gasteiger partial charge >= 0.3 is 0 Å². The van der Waals surface area contributed by atoms with Crippen LogP contribution in [0.15, 0.2) is 52.0 Å². The maximum Gasteiger partial charge on any atom is 0.268 e. The van der Waals surface area contributed by atoms with Crippen LogP contribution in [-0.2, 0) is 16.4 Å². The molecule has 138 valence electrons. The SMILES string of the molecule is CN(C)CCc1cn(S(=O)(=O)c2ccc(F)cc2)c2c(Br)cc(Cl)cc12. The van der Waals surface area contributed by atoms with Crippen LogP contribution in [0.1, 0.15) is 5.56 Å². The van der Waals surface area contributed by atoms with Crippen LogP contribution < -0.4 is 0 Å². The Hall–Kier alpha value is -1.41. The predicted octanol–water partition coefficient (Wildman–Crippen LogP) is 4.54. The van der Waals surface area contributed by atoms with Gasteiger partial charge in [0, 0.05) is 27.6 Å². The number of nitrogens with zero attached hydrogens (tertiary/aromatic N) is 2. The molecule has 1 heterocycles. The fraction of sp³-hybridized carbons (Fsp3) is 0.222. The van der Waals surface area contributed by atoms with Crippen molar-refractivity contribution in [1.29, 1.82) is 0 Å². The molecule has 3 rings (SSSR count). The van der Waals surface area contributed by atoms with Gasteiger partial charge in [-0.3, -0.25) is 0 Å². The summed E-state index contributed by atoms with van der Waals surface area (Å²) in [4.78, 5) is 2.05. The zero-order valence-corrected chi connectivity index (χ0v) is 17.4. The van der Waals surface area contributed by atoms with E-state index in [1.54, 1.807) is 18.3 Å². The number of fused-ring (bicyclic) bond motifs is 1. The highest BCUT2D eigenvalue weighted by atomic mass is 79.9. The van der Waals surface area contributed by atoms with Crippen LogP contribution in [-0.4, -0.2) is 37.9 Å². The maximum absolute atomic E-state index is 13.2. The van der Waals surface area contributed by atoms with E-state index < -0.39 is 15.8 Å². The van der Waals surface area contributed by atoms with Crippen LogP contribution in [0.3, 0.4) is 0 Å². The minimum Gasteiger partial charge on any atom is -0.309 e. The van der Waals surface area contributed by atoms with Crippen molar-refractivity contribution >= 4 is 48.5 Å². The molecule has 3 aromatic rings. The Kier molecular flexibility index (Phi) is 5.44. The Balaban J connectivity index is 2.23. The summed E-state index contributed by atoms with van der Waals surface area (Å²) >= 11 is 9.60. The third-order valence-corrected chi connectivity index (χ3v) is 6.56. The number of hydrogen-bond acceptors (Lipinski definition) is 3. The van der Waals surface area contributed by atoms with E-state index in [0.717, 1.165) is 29.6 Å². The quantitative estimate of drug-likeness (QED) is 0.563. The van der Waals surface area contributed by atoms with E-state index in [1.165, 1.54) is 16.1 Å². The predicted molar refractivity (Wildman–Crippen MR) is 106 cm³/mol. The fourth-order valence-electron chi connectivity index (χ4n) is 2.76. The fourth-order valence-corrected chi connectivity index (χ4v) is 5.29. The molecule has 0 saturated heterocycles. The van der Waals surface area contributed by atoms with Crippen molar-refractivity contribution < 1.29 is 12.8 Å². The van der Waals surface area contributed by atoms with Crippen LogP contribution in [0, 0.1) is 5.82 Å². The molecule has 8 heteroatoms. The first-order valence-electron chi connectivity index (χ1n) is 7.85. The molecule has 26 heavy (non-hydrogen) atoms. The summed E-state index contributed by atoms with van der Waals surface area (Å²) in [6.07, 6.45) is 2.29. The largest absolute Gasteiger partial charge is 0.309 e. The lowest BCUT2D eigenvalue weighted by atomic mass is 10.1. The smallest absolute Gasteiger partial charge is 0.268 e. The second kappa shape index (κ2) is 7.31. The third kappa shape index (κ3) is 3.67. The lowest BCUT2D eigenvalue weighted by Crippen LogP contribution is -2.15. The van der Waals surface area contributed by atoms with Gasteiger partial charge in [-0.2, -0.15) is 0 Å². The van der Waals surface area contributed by atoms with E-state index in [2.05, 4.69) is 15.9 Å². The van der Waals surface area contributed by atoms with Crippen molar-refractivity contribution in [2.75, 3.05) is 20.6 Å². The minimum atomic E-state index is -3.87. The maximum atomic E-state index is 13.2. The molecule has 2 aromatic carbocycles. The molecule has 1 aromatic heterocycles. The first kappa shape index (κ1) is 19.4. The summed E-state index contributed by atoms with van der Waals surface area (Å²) in [7, 11) is 0.0393. The van der Waals surface area contributed by atoms with Crippen LogP contribution in [0.5, 0.6) is 0 Å². The van der Waals surface area contributed by atoms with Gasteiger partial charge < -0.3 is 4.90 Å². The van der Waals surface area contributed by atoms with E-state index in [-0.39, 0.29) is 4.90 Å². The summed E-state index contributed by atoms with van der Waals surface area (Å²) < 4.78 is 41.3. The molecule has 0 radical (unpaired) electrons. The van der Waals surface area contributed by atoms with Gasteiger partial charge in [-0.1, -0.05) is 11.6 Å². The van der Waals surface area contributed by atoms with Crippen LogP contribution >= 0.6 is 27.5 Å². The normalized spacial score (nSPS) is 12.2. The standard InChI is InChI=1S/C18H17BrClFN2O2S/c1-22(2)8-7-12-11-23(18-16(12)9-13(20)10-17(18)19)26(24,25)15-5-3-14(21)4-6-15/h3-6,9-11H,7-8H2,1-2H3. The second-order valence-electron chi connectivity index (χ2n) is 6.25. The van der Waals surface area contributed by atoms with Gasteiger partial charge in [-0.15, -0.1) is 0 Å². The number of aromatic nitrogens is 1. The highest BCUT2D eigenvalue weighted by molar-refractivity contribution is 9.10. The topological polar surface area (TPSA) is 42.3 Å². The van der Waals surface area contributed by atoms with Crippen LogP contribution in [0.4, 0.5) is 4.39 Å². The zero-order valence-electron chi connectivity index (χ0n) is 14.2. The van der Waals surface area contributed by atoms with Gasteiger partial charge in [0.15, 0.2) is 0 Å². The first-order valence-corrected chi connectivity index (χ1v) is 10.5. The Morgan fingerprint density at radius 2 is 1.85 bits per heavy atom. The molecule has 0 bridgehead atoms. The lowest BCUT2D eigenvalue weighted by molar-refractivity contribution is 0.414. The van der Waals surface area contributed by atoms with Gasteiger partial charge in [0.25, 0.3) is 10.0 Å². The molecule has 0 aliphatic rings. The summed E-state index contributed by atoms with van der Waals surface area (Å²) in [6.45, 7) is 0.764. The van der Waals surface area contributed by atoms with Crippen LogP contribution in [0.25, 0.3) is 10.9 Å². The Labute approximate surface area is 165 Å². The van der Waals surface area contributed by atoms with Gasteiger partial charge in [0.2, 0.25) is 0 Å². The highest BCUT2D eigenvalue weighted by Gasteiger charge is 2.23. The molecule has 0 unspecified atom stereocenters. The molecule has 0 aliphatic heterocycles. The zero-order chi connectivity index (χ0) is 19.1. The van der Waals surface area contributed by atoms with Crippen molar-refractivity contribution in [3.8, 4) is 0 Å². The van der Waals surface area contributed by atoms with Crippen LogP contribution in [0.2, 0.25) is 5.02 Å². The van der Waals surface area contributed by atoms with Crippen molar-refractivity contribution in [2.24, 2.45) is 0 Å². The Bertz CT molecular complexity index is 1060. The second-order valence-corrected chi connectivity index (χ2v) is 9.35. The molecule has 0 spiro atoms. The van der Waals surface area contributed by atoms with Crippen molar-refractivity contribution in [1.82, 2.24) is 8.87 Å². The summed E-state index contributed by atoms with van der Waals surface area (Å²) in [5, 5.41) is 1.30. The number of rotatable bonds is 5. The van der Waals surface area contributed by atoms with Gasteiger partial charge in [0.1, 0.15) is 5.82 Å². The average Bonchev–Trinajstić information content (AvgIpc) is 2.93. The molecule has 0 saturated carbocycles. The number of likely N-dealkylation sites (N-methyl/N-ethyl adjacent to an activating group) is 1. The van der Waals surface area contributed by atoms with E-state index in [4.69, 9.17) is 11.6 Å². The minimum absolute atomic E-state index is 0.0248. The number of benzene rings is 2. The molecule has 0 N–H and O–H groups in total. The molecule has 0 amide bonds. The lowest BCUT2D eigenvalue weighted by Gasteiger charge is -2.09. The van der Waals surface area contributed by atoms with E-state index >= 15 is 0 Å². The van der Waals surface area contributed by atoms with Crippen molar-refractivity contribution in [3.63, 3.8) is 0 Å². The summed E-state index contributed by atoms with van der Waals surface area (Å²) in [5.41, 5.74) is 1.40. The van der Waals surface area contributed by atoms with E-state index in [1.807, 2.05) is 19.0 Å². The third-order valence-electron chi connectivity index (χ3n) is 4.07. The van der Waals surface area contributed by atoms with Crippen molar-refractivity contribution in [3.05, 3.63) is 63.5 Å². The monoisotopic (exact) mass is 458 g/mol. The average molecular weight is 460 g/mol. The Morgan fingerprint density at radius 1 is 1.19 bits per heavy atom. The number of hydrogen-bond donors (Lipinski definition) is 0. The van der Waals surface area contributed by atoms with Crippen molar-refractivity contribution in [2.45, 2.75) is 11.3 Å². The molecular weight excluding hydrogens is 443 g/mol. The molecule has 0 aliphatic carbocycles. The Morgan fingerprint density at radius 3 is 2.46 bits per heavy atom. The van der Waals surface area contributed by atoms with Gasteiger partial charge in [0.05, 0.1) is 10.4 Å². The highest BCUT2D eigenvalue weighted by Crippen LogP contribution is 2.34. The first-order chi connectivity index (χ1) is 12.2. The molecule has 0 atom stereocenters. The molecule has 4 nitrogen and oxygen atoms in total. The van der Waals surface area contributed by atoms with Gasteiger partial charge in [-0.05, 0) is 78.4 Å². The van der Waals surface area contributed by atoms with Gasteiger partial charge in [-0.25, -0.2) is 16.8 Å². The number of halogens is 3. The molecule has 0 fully saturated rings. The molecular formula is C18H17BrClFN2O2S.